The highest BCUT2D eigenvalue weighted by Crippen LogP contribution is 2.46. The predicted octanol–water partition coefficient (Wildman–Crippen LogP) is 3.07. The van der Waals surface area contributed by atoms with Crippen LogP contribution in [-0.2, 0) is 43.7 Å². The van der Waals surface area contributed by atoms with E-state index in [4.69, 9.17) is 13.9 Å². The lowest BCUT2D eigenvalue weighted by molar-refractivity contribution is -0.132. The Labute approximate surface area is 259 Å². The number of furan rings is 1. The number of hydrogen-bond donors (Lipinski definition) is 2. The van der Waals surface area contributed by atoms with Crippen LogP contribution in [0.15, 0.2) is 65.5 Å². The van der Waals surface area contributed by atoms with Crippen LogP contribution in [-0.4, -0.2) is 78.7 Å². The fourth-order valence-electron chi connectivity index (χ4n) is 6.37. The monoisotopic (exact) mass is 607 g/mol. The summed E-state index contributed by atoms with van der Waals surface area (Å²) in [5.41, 5.74) is 4.25. The van der Waals surface area contributed by atoms with Gasteiger partial charge in [0.15, 0.2) is 0 Å². The molecule has 1 aromatic carbocycles. The molecular weight excluding hydrogens is 574 g/mol. The van der Waals surface area contributed by atoms with Gasteiger partial charge >= 0.3 is 0 Å². The van der Waals surface area contributed by atoms with Crippen molar-refractivity contribution in [2.75, 3.05) is 45.3 Å². The van der Waals surface area contributed by atoms with E-state index in [0.717, 1.165) is 33.3 Å². The van der Waals surface area contributed by atoms with Crippen molar-refractivity contribution in [1.82, 2.24) is 20.2 Å². The van der Waals surface area contributed by atoms with Crippen LogP contribution < -0.4 is 10.6 Å². The number of nitrogens with zero attached hydrogens (tertiary/aromatic N) is 3. The number of likely N-dealkylation sites (N-methyl/N-ethyl adjacent to an activating group) is 1. The van der Waals surface area contributed by atoms with Crippen molar-refractivity contribution in [3.63, 3.8) is 0 Å². The third-order valence-corrected chi connectivity index (χ3v) is 8.81. The first-order chi connectivity index (χ1) is 21.9. The van der Waals surface area contributed by atoms with Crippen LogP contribution in [0.5, 0.6) is 0 Å². The number of ether oxygens (including phenoxy) is 2. The van der Waals surface area contributed by atoms with Gasteiger partial charge in [0.05, 0.1) is 43.7 Å². The van der Waals surface area contributed by atoms with Crippen molar-refractivity contribution in [2.45, 2.75) is 30.7 Å². The van der Waals surface area contributed by atoms with Crippen molar-refractivity contribution in [2.24, 2.45) is 0 Å². The molecule has 5 bridgehead atoms. The fraction of sp³-hybridized carbons (Fsp3) is 0.324. The number of carbonyl (C=O) groups is 3. The molecule has 1 spiro atoms. The number of pyridine rings is 2. The van der Waals surface area contributed by atoms with Gasteiger partial charge in [0.1, 0.15) is 17.4 Å². The number of anilines is 1. The molecule has 45 heavy (non-hydrogen) atoms. The summed E-state index contributed by atoms with van der Waals surface area (Å²) in [6, 6.07) is 10.5. The number of fused-ring (bicyclic) bond motifs is 3. The summed E-state index contributed by atoms with van der Waals surface area (Å²) in [5.74, 6) is -0.264. The van der Waals surface area contributed by atoms with E-state index in [0.29, 0.717) is 62.8 Å². The number of nitrogens with one attached hydrogen (secondary N) is 2. The van der Waals surface area contributed by atoms with Gasteiger partial charge in [-0.05, 0) is 35.7 Å². The summed E-state index contributed by atoms with van der Waals surface area (Å²) in [7, 11) is 1.69. The van der Waals surface area contributed by atoms with Crippen molar-refractivity contribution >= 4 is 40.6 Å². The van der Waals surface area contributed by atoms with Crippen LogP contribution in [0.1, 0.15) is 38.3 Å². The number of amides is 3. The molecule has 5 heterocycles. The SMILES string of the molecule is CN1CCOCCOC/C=C/c2cnc3c(c2)[C@@]2(Cc4cc(cnc4C2)C(=O)N[C@H](Cc2coc4ccccc24)C1=O)C(=O)N3. The molecule has 0 unspecified atom stereocenters. The molecule has 3 amide bonds. The minimum Gasteiger partial charge on any atom is -0.464 e. The highest BCUT2D eigenvalue weighted by molar-refractivity contribution is 6.06. The topological polar surface area (TPSA) is 136 Å². The van der Waals surface area contributed by atoms with Gasteiger partial charge in [-0.1, -0.05) is 30.4 Å². The second kappa shape index (κ2) is 11.9. The van der Waals surface area contributed by atoms with Crippen molar-refractivity contribution in [3.8, 4) is 0 Å². The molecule has 230 valence electrons. The highest BCUT2D eigenvalue weighted by Gasteiger charge is 2.52. The molecule has 3 aromatic heterocycles. The van der Waals surface area contributed by atoms with Gasteiger partial charge in [-0.25, -0.2) is 4.98 Å². The van der Waals surface area contributed by atoms with Gasteiger partial charge in [0.2, 0.25) is 11.8 Å². The summed E-state index contributed by atoms with van der Waals surface area (Å²) in [5, 5.41) is 6.78. The molecule has 0 radical (unpaired) electrons. The molecule has 11 nitrogen and oxygen atoms in total. The number of aromatic nitrogens is 2. The van der Waals surface area contributed by atoms with Gasteiger partial charge in [-0.2, -0.15) is 0 Å². The number of para-hydroxylation sites is 1. The van der Waals surface area contributed by atoms with E-state index in [2.05, 4.69) is 20.6 Å². The molecule has 0 fully saturated rings. The van der Waals surface area contributed by atoms with Crippen LogP contribution in [0, 0.1) is 0 Å². The van der Waals surface area contributed by atoms with Crippen molar-refractivity contribution < 1.29 is 28.3 Å². The van der Waals surface area contributed by atoms with E-state index in [1.54, 1.807) is 30.5 Å². The minimum atomic E-state index is -0.868. The van der Waals surface area contributed by atoms with Crippen molar-refractivity contribution in [1.29, 1.82) is 0 Å². The molecule has 0 saturated heterocycles. The summed E-state index contributed by atoms with van der Waals surface area (Å²) < 4.78 is 17.1. The zero-order chi connectivity index (χ0) is 31.0. The van der Waals surface area contributed by atoms with Gasteiger partial charge in [0.25, 0.3) is 5.91 Å². The lowest BCUT2D eigenvalue weighted by Gasteiger charge is -2.24. The number of rotatable bonds is 2. The van der Waals surface area contributed by atoms with Gasteiger partial charge in [-0.3, -0.25) is 19.4 Å². The third kappa shape index (κ3) is 5.49. The molecule has 7 rings (SSSR count). The van der Waals surface area contributed by atoms with Gasteiger partial charge in [-0.15, -0.1) is 0 Å². The first-order valence-electron chi connectivity index (χ1n) is 15.0. The summed E-state index contributed by atoms with van der Waals surface area (Å²) in [6.07, 6.45) is 9.72. The first kappa shape index (κ1) is 28.9. The molecule has 3 aliphatic rings. The largest absolute Gasteiger partial charge is 0.464 e. The Hall–Kier alpha value is -4.87. The maximum Gasteiger partial charge on any atom is 0.253 e. The second-order valence-electron chi connectivity index (χ2n) is 11.7. The highest BCUT2D eigenvalue weighted by atomic mass is 16.5. The summed E-state index contributed by atoms with van der Waals surface area (Å²) >= 11 is 0. The Morgan fingerprint density at radius 2 is 1.89 bits per heavy atom. The summed E-state index contributed by atoms with van der Waals surface area (Å²) in [4.78, 5) is 51.5. The van der Waals surface area contributed by atoms with E-state index < -0.39 is 17.4 Å². The number of benzene rings is 1. The minimum absolute atomic E-state index is 0.131. The Morgan fingerprint density at radius 1 is 1.02 bits per heavy atom. The Morgan fingerprint density at radius 3 is 2.80 bits per heavy atom. The van der Waals surface area contributed by atoms with E-state index in [1.165, 1.54) is 6.20 Å². The van der Waals surface area contributed by atoms with Gasteiger partial charge < -0.3 is 29.4 Å². The maximum atomic E-state index is 13.7. The van der Waals surface area contributed by atoms with E-state index in [9.17, 15) is 14.4 Å². The third-order valence-electron chi connectivity index (χ3n) is 8.81. The molecule has 1 aliphatic carbocycles. The predicted molar refractivity (Wildman–Crippen MR) is 166 cm³/mol. The zero-order valence-corrected chi connectivity index (χ0v) is 24.9. The quantitative estimate of drug-likeness (QED) is 0.355. The Bertz CT molecular complexity index is 1830. The standard InChI is InChI=1S/C34H33N5O6/c1-39-8-10-44-12-11-43-9-4-5-21-13-26-30(36-18-21)38-33(42)34(26)16-22-14-23(19-35-28(22)17-34)31(40)37-27(32(39)41)15-24-20-45-29-7-3-2-6-25(24)29/h2-7,13-14,18-20,27H,8-12,15-17H2,1H3,(H,37,40)(H,36,38,42)/b5-4+/t27-,34+/m1/s1. The Balaban J connectivity index is 1.20. The number of hydrogen-bond acceptors (Lipinski definition) is 8. The molecule has 11 heteroatoms. The average molecular weight is 608 g/mol. The normalized spacial score (nSPS) is 23.0. The lowest BCUT2D eigenvalue weighted by Crippen LogP contribution is -2.49. The fourth-order valence-corrected chi connectivity index (χ4v) is 6.37. The molecule has 2 atom stereocenters. The van der Waals surface area contributed by atoms with Crippen LogP contribution in [0.25, 0.3) is 17.0 Å². The molecule has 2 N–H and O–H groups in total. The lowest BCUT2D eigenvalue weighted by atomic mass is 9.79. The van der Waals surface area contributed by atoms with E-state index >= 15 is 0 Å². The average Bonchev–Trinajstić information content (AvgIpc) is 3.72. The summed E-state index contributed by atoms with van der Waals surface area (Å²) in [6.45, 7) is 1.82. The van der Waals surface area contributed by atoms with Crippen LogP contribution in [0.4, 0.5) is 5.82 Å². The van der Waals surface area contributed by atoms with E-state index in [-0.39, 0.29) is 18.2 Å². The smallest absolute Gasteiger partial charge is 0.253 e. The van der Waals surface area contributed by atoms with Gasteiger partial charge in [0, 0.05) is 61.0 Å². The Kier molecular flexibility index (Phi) is 7.64. The zero-order valence-electron chi connectivity index (χ0n) is 24.9. The first-order valence-corrected chi connectivity index (χ1v) is 15.0. The maximum absolute atomic E-state index is 13.7. The van der Waals surface area contributed by atoms with Crippen molar-refractivity contribution in [3.05, 3.63) is 94.6 Å². The molecule has 2 aliphatic heterocycles. The second-order valence-corrected chi connectivity index (χ2v) is 11.7. The van der Waals surface area contributed by atoms with Crippen LogP contribution in [0.3, 0.4) is 0 Å². The van der Waals surface area contributed by atoms with Crippen LogP contribution >= 0.6 is 0 Å². The molecule has 4 aromatic rings. The molecular formula is C34H33N5O6. The van der Waals surface area contributed by atoms with E-state index in [1.807, 2.05) is 42.5 Å². The van der Waals surface area contributed by atoms with Crippen LogP contribution in [0.2, 0.25) is 0 Å². The number of carbonyl (C=O) groups excluding carboxylic acids is 3. The molecule has 0 saturated carbocycles.